The third-order valence-electron chi connectivity index (χ3n) is 11.9. The summed E-state index contributed by atoms with van der Waals surface area (Å²) in [6, 6.07) is 7.67. The Morgan fingerprint density at radius 1 is 1.18 bits per heavy atom. The minimum Gasteiger partial charge on any atom is -0.508 e. The van der Waals surface area contributed by atoms with Crippen molar-refractivity contribution in [3.8, 4) is 17.2 Å². The minimum atomic E-state index is -1.21. The third kappa shape index (κ3) is 7.92. The van der Waals surface area contributed by atoms with Crippen LogP contribution in [0.3, 0.4) is 0 Å². The van der Waals surface area contributed by atoms with E-state index in [2.05, 4.69) is 10.6 Å². The summed E-state index contributed by atoms with van der Waals surface area (Å²) in [6.45, 7) is 3.03. The van der Waals surface area contributed by atoms with E-state index in [4.69, 9.17) is 25.4 Å². The van der Waals surface area contributed by atoms with Gasteiger partial charge in [-0.15, -0.1) is 0 Å². The molecule has 0 radical (unpaired) electrons. The molecule has 4 heterocycles. The number of nitrogens with one attached hydrogen (secondary N) is 2. The molecular formula is C44H52N4O9. The fourth-order valence-corrected chi connectivity index (χ4v) is 8.81. The van der Waals surface area contributed by atoms with Gasteiger partial charge < -0.3 is 56.4 Å². The van der Waals surface area contributed by atoms with Crippen LogP contribution in [0.4, 0.5) is 0 Å². The van der Waals surface area contributed by atoms with Crippen LogP contribution in [0.1, 0.15) is 86.7 Å². The van der Waals surface area contributed by atoms with Crippen molar-refractivity contribution in [3.05, 3.63) is 122 Å². The summed E-state index contributed by atoms with van der Waals surface area (Å²) in [7, 11) is 0. The van der Waals surface area contributed by atoms with Gasteiger partial charge in [-0.1, -0.05) is 43.2 Å². The average Bonchev–Trinajstić information content (AvgIpc) is 3.73. The van der Waals surface area contributed by atoms with Gasteiger partial charge >= 0.3 is 5.97 Å². The molecule has 13 nitrogen and oxygen atoms in total. The number of aliphatic hydroxyl groups is 2. The van der Waals surface area contributed by atoms with E-state index in [0.29, 0.717) is 47.5 Å². The van der Waals surface area contributed by atoms with E-state index < -0.39 is 53.9 Å². The largest absolute Gasteiger partial charge is 0.508 e. The first-order chi connectivity index (χ1) is 27.4. The van der Waals surface area contributed by atoms with Gasteiger partial charge in [0.05, 0.1) is 18.6 Å². The van der Waals surface area contributed by atoms with Gasteiger partial charge in [0.1, 0.15) is 52.3 Å². The average molecular weight is 781 g/mol. The molecule has 0 amide bonds. The molecule has 302 valence electrons. The van der Waals surface area contributed by atoms with Gasteiger partial charge in [-0.25, -0.2) is 4.79 Å². The van der Waals surface area contributed by atoms with Crippen LogP contribution in [-0.4, -0.2) is 57.4 Å². The molecule has 1 fully saturated rings. The van der Waals surface area contributed by atoms with Gasteiger partial charge in [0.15, 0.2) is 5.43 Å². The van der Waals surface area contributed by atoms with Gasteiger partial charge in [0.25, 0.3) is 0 Å². The number of dihydropyridines is 2. The highest BCUT2D eigenvalue weighted by Gasteiger charge is 2.48. The van der Waals surface area contributed by atoms with E-state index in [1.54, 1.807) is 24.3 Å². The van der Waals surface area contributed by atoms with E-state index in [9.17, 15) is 30.0 Å². The van der Waals surface area contributed by atoms with Crippen molar-refractivity contribution in [1.82, 2.24) is 10.6 Å². The van der Waals surface area contributed by atoms with Gasteiger partial charge in [0, 0.05) is 53.8 Å². The second-order valence-corrected chi connectivity index (χ2v) is 15.6. The van der Waals surface area contributed by atoms with Crippen molar-refractivity contribution >= 4 is 16.9 Å². The van der Waals surface area contributed by atoms with E-state index in [-0.39, 0.29) is 52.3 Å². The van der Waals surface area contributed by atoms with Gasteiger partial charge in [-0.2, -0.15) is 0 Å². The smallest absolute Gasteiger partial charge is 0.334 e. The summed E-state index contributed by atoms with van der Waals surface area (Å²) in [6.07, 6.45) is 14.5. The van der Waals surface area contributed by atoms with Crippen molar-refractivity contribution in [1.29, 1.82) is 0 Å². The van der Waals surface area contributed by atoms with E-state index >= 15 is 0 Å². The molecule has 1 saturated carbocycles. The number of allylic oxidation sites excluding steroid dienone is 5. The lowest BCUT2D eigenvalue weighted by Gasteiger charge is -2.44. The zero-order chi connectivity index (χ0) is 40.4. The first-order valence-corrected chi connectivity index (χ1v) is 19.7. The molecule has 4 aliphatic rings. The Kier molecular flexibility index (Phi) is 11.5. The lowest BCUT2D eigenvalue weighted by Crippen LogP contribution is -2.52. The Morgan fingerprint density at radius 2 is 1.96 bits per heavy atom. The van der Waals surface area contributed by atoms with E-state index in [0.717, 1.165) is 37.3 Å². The molecule has 5 unspecified atom stereocenters. The molecule has 3 aliphatic heterocycles. The van der Waals surface area contributed by atoms with Crippen LogP contribution in [0.5, 0.6) is 17.2 Å². The standard InChI is InChI=1S/C44H52N4O9/c1-3-30(25-7-4-5-8-25)43(54)56-34-20-31-40(53)38-33(52)19-29(22-49)55-42(38)39(41(31)57-44(34,2)15-13-24-11-12-35(45)48-21-24)37(27-14-16-47-36(46)18-27)32(23-50)26-9-6-10-28(51)17-26/h3,6,9-12,14,17-19,21,25,32,34-35,37,47-51,53H,4-5,7-8,13,15-16,20,22-23,45-46H2,1-2H3. The van der Waals surface area contributed by atoms with Crippen molar-refractivity contribution in [2.24, 2.45) is 17.4 Å². The maximum Gasteiger partial charge on any atom is 0.334 e. The number of hydrogen-bond acceptors (Lipinski definition) is 13. The SMILES string of the molecule is CC=C(C(=O)OC1Cc2c(c(C(C3=CCNC(N)=C3)C(CO)c3cccc(O)c3)c3oc(CO)cc(=O)c3c2O)OC1(C)CCC1=CNC(N)C=C1)C1CCCC1. The fourth-order valence-electron chi connectivity index (χ4n) is 8.81. The second-order valence-electron chi connectivity index (χ2n) is 15.6. The van der Waals surface area contributed by atoms with Crippen LogP contribution in [0, 0.1) is 5.92 Å². The lowest BCUT2D eigenvalue weighted by molar-refractivity contribution is -0.159. The molecule has 7 rings (SSSR count). The minimum absolute atomic E-state index is 0.0150. The van der Waals surface area contributed by atoms with Crippen LogP contribution in [0.2, 0.25) is 0 Å². The first kappa shape index (κ1) is 39.7. The number of fused-ring (bicyclic) bond motifs is 2. The maximum absolute atomic E-state index is 14.1. The summed E-state index contributed by atoms with van der Waals surface area (Å²) in [5, 5.41) is 50.3. The van der Waals surface area contributed by atoms with E-state index in [1.165, 1.54) is 6.07 Å². The molecule has 1 aromatic heterocycles. The predicted molar refractivity (Wildman–Crippen MR) is 215 cm³/mol. The third-order valence-corrected chi connectivity index (χ3v) is 11.9. The molecular weight excluding hydrogens is 729 g/mol. The number of carbonyl (C=O) groups excluding carboxylic acids is 1. The molecule has 0 bridgehead atoms. The van der Waals surface area contributed by atoms with Crippen molar-refractivity contribution in [2.75, 3.05) is 13.2 Å². The number of aliphatic hydroxyl groups excluding tert-OH is 2. The number of aromatic hydroxyl groups is 2. The Bertz CT molecular complexity index is 2250. The number of ether oxygens (including phenoxy) is 2. The monoisotopic (exact) mass is 780 g/mol. The highest BCUT2D eigenvalue weighted by molar-refractivity contribution is 5.92. The Labute approximate surface area is 331 Å². The molecule has 13 heteroatoms. The molecule has 2 aromatic carbocycles. The van der Waals surface area contributed by atoms with Crippen LogP contribution >= 0.6 is 0 Å². The number of phenolic OH excluding ortho intramolecular Hbond substituents is 2. The van der Waals surface area contributed by atoms with Gasteiger partial charge in [0.2, 0.25) is 0 Å². The predicted octanol–water partition coefficient (Wildman–Crippen LogP) is 4.74. The molecule has 3 aromatic rings. The summed E-state index contributed by atoms with van der Waals surface area (Å²) in [5.74, 6) is -1.88. The van der Waals surface area contributed by atoms with Gasteiger partial charge in [-0.3, -0.25) is 4.79 Å². The summed E-state index contributed by atoms with van der Waals surface area (Å²) in [5.41, 5.74) is 13.8. The van der Waals surface area contributed by atoms with Crippen LogP contribution in [-0.2, 0) is 22.6 Å². The molecule has 0 spiro atoms. The topological polar surface area (TPSA) is 223 Å². The van der Waals surface area contributed by atoms with Crippen molar-refractivity contribution in [2.45, 2.75) is 95.1 Å². The number of hydrogen-bond donors (Lipinski definition) is 8. The number of esters is 1. The zero-order valence-electron chi connectivity index (χ0n) is 32.3. The Balaban J connectivity index is 1.46. The number of phenols is 2. The first-order valence-electron chi connectivity index (χ1n) is 19.7. The van der Waals surface area contributed by atoms with Crippen LogP contribution in [0.15, 0.2) is 98.7 Å². The van der Waals surface area contributed by atoms with Crippen LogP contribution < -0.4 is 32.3 Å². The summed E-state index contributed by atoms with van der Waals surface area (Å²) in [4.78, 5) is 28.0. The lowest BCUT2D eigenvalue weighted by atomic mass is 9.73. The number of rotatable bonds is 12. The summed E-state index contributed by atoms with van der Waals surface area (Å²) < 4.78 is 19.9. The normalized spacial score (nSPS) is 23.3. The molecule has 10 N–H and O–H groups in total. The Hall–Kier alpha value is -5.50. The quantitative estimate of drug-likeness (QED) is 0.0921. The molecule has 57 heavy (non-hydrogen) atoms. The highest BCUT2D eigenvalue weighted by atomic mass is 16.6. The van der Waals surface area contributed by atoms with Gasteiger partial charge in [-0.05, 0) is 86.4 Å². The maximum atomic E-state index is 14.1. The summed E-state index contributed by atoms with van der Waals surface area (Å²) >= 11 is 0. The molecule has 0 saturated heterocycles. The van der Waals surface area contributed by atoms with Crippen LogP contribution in [0.25, 0.3) is 11.0 Å². The Morgan fingerprint density at radius 3 is 2.63 bits per heavy atom. The van der Waals surface area contributed by atoms with Crippen molar-refractivity contribution < 1.29 is 39.1 Å². The number of carbonyl (C=O) groups is 1. The fraction of sp³-hybridized carbons (Fsp3) is 0.409. The highest BCUT2D eigenvalue weighted by Crippen LogP contribution is 2.54. The van der Waals surface area contributed by atoms with E-state index in [1.807, 2.05) is 44.4 Å². The molecule has 5 atom stereocenters. The molecule has 1 aliphatic carbocycles. The number of benzene rings is 2. The second kappa shape index (κ2) is 16.5. The number of nitrogens with two attached hydrogens (primary N) is 2. The zero-order valence-corrected chi connectivity index (χ0v) is 32.3. The van der Waals surface area contributed by atoms with Crippen molar-refractivity contribution in [3.63, 3.8) is 0 Å².